The molecule has 0 radical (unpaired) electrons. The predicted octanol–water partition coefficient (Wildman–Crippen LogP) is 2.96. The highest BCUT2D eigenvalue weighted by molar-refractivity contribution is 9.10. The Kier molecular flexibility index (Phi) is 7.75. The number of hydrogen-bond acceptors (Lipinski definition) is 6. The van der Waals surface area contributed by atoms with Gasteiger partial charge in [-0.05, 0) is 53.6 Å². The number of fused-ring (bicyclic) bond motifs is 1. The Bertz CT molecular complexity index is 1040. The summed E-state index contributed by atoms with van der Waals surface area (Å²) in [5.41, 5.74) is 7.47. The standard InChI is InChI=1S/C23H35BrN6O3Si/c1-34(2,3)11-10-33-14-30-13-17(20-21(30)26-12-18(24)27-20)22(31)28-19(15-4-5-15)23(32)29-8-6-16(25)7-9-29/h12-13,15-16,19H,4-11,14,25H2,1-3H3,(H,28,31)/t19-/m1/s1. The van der Waals surface area contributed by atoms with Crippen LogP contribution in [0, 0.1) is 5.92 Å². The molecule has 2 aromatic heterocycles. The van der Waals surface area contributed by atoms with Crippen LogP contribution in [0.25, 0.3) is 11.2 Å². The van der Waals surface area contributed by atoms with Gasteiger partial charge in [0.05, 0.1) is 11.8 Å². The van der Waals surface area contributed by atoms with E-state index in [1.165, 1.54) is 0 Å². The van der Waals surface area contributed by atoms with Gasteiger partial charge in [-0.25, -0.2) is 9.97 Å². The topological polar surface area (TPSA) is 115 Å². The molecular weight excluding hydrogens is 516 g/mol. The molecule has 1 saturated heterocycles. The van der Waals surface area contributed by atoms with E-state index in [4.69, 9.17) is 10.5 Å². The number of nitrogens with two attached hydrogens (primary N) is 1. The van der Waals surface area contributed by atoms with Crippen LogP contribution < -0.4 is 11.1 Å². The van der Waals surface area contributed by atoms with Crippen LogP contribution >= 0.6 is 15.9 Å². The minimum absolute atomic E-state index is 0.00608. The van der Waals surface area contributed by atoms with Gasteiger partial charge in [0.2, 0.25) is 5.91 Å². The Balaban J connectivity index is 1.50. The molecule has 1 atom stereocenters. The van der Waals surface area contributed by atoms with Gasteiger partial charge in [-0.2, -0.15) is 0 Å². The fourth-order valence-electron chi connectivity index (χ4n) is 4.18. The lowest BCUT2D eigenvalue weighted by Gasteiger charge is -2.33. The Morgan fingerprint density at radius 1 is 1.26 bits per heavy atom. The number of carbonyl (C=O) groups is 2. The largest absolute Gasteiger partial charge is 0.361 e. The normalized spacial score (nSPS) is 18.3. The Morgan fingerprint density at radius 2 is 1.97 bits per heavy atom. The number of ether oxygens (including phenoxy) is 1. The SMILES string of the molecule is C[Si](C)(C)CCOCn1cc(C(=O)N[C@@H](C(=O)N2CCC(N)CC2)C2CC2)c2nc(Br)cnc21. The van der Waals surface area contributed by atoms with Gasteiger partial charge < -0.3 is 25.3 Å². The van der Waals surface area contributed by atoms with Crippen LogP contribution in [0.3, 0.4) is 0 Å². The van der Waals surface area contributed by atoms with Gasteiger partial charge in [0.1, 0.15) is 22.9 Å². The Morgan fingerprint density at radius 3 is 2.62 bits per heavy atom. The fraction of sp³-hybridized carbons (Fsp3) is 0.652. The van der Waals surface area contributed by atoms with Crippen molar-refractivity contribution in [1.82, 2.24) is 24.8 Å². The van der Waals surface area contributed by atoms with E-state index in [2.05, 4.69) is 50.9 Å². The zero-order valence-corrected chi connectivity index (χ0v) is 22.8. The lowest BCUT2D eigenvalue weighted by atomic mass is 10.0. The number of nitrogens with one attached hydrogen (secondary N) is 1. The number of rotatable bonds is 9. The van der Waals surface area contributed by atoms with Crippen molar-refractivity contribution in [3.05, 3.63) is 22.6 Å². The van der Waals surface area contributed by atoms with E-state index >= 15 is 0 Å². The van der Waals surface area contributed by atoms with E-state index in [-0.39, 0.29) is 23.8 Å². The molecule has 3 heterocycles. The first-order chi connectivity index (χ1) is 16.1. The molecule has 2 aliphatic rings. The summed E-state index contributed by atoms with van der Waals surface area (Å²) in [4.78, 5) is 37.5. The van der Waals surface area contributed by atoms with E-state index in [1.807, 2.05) is 9.47 Å². The zero-order chi connectivity index (χ0) is 24.5. The summed E-state index contributed by atoms with van der Waals surface area (Å²) < 4.78 is 8.26. The molecule has 186 valence electrons. The van der Waals surface area contributed by atoms with Crippen LogP contribution in [0.2, 0.25) is 25.7 Å². The highest BCUT2D eigenvalue weighted by Gasteiger charge is 2.40. The fourth-order valence-corrected chi connectivity index (χ4v) is 5.22. The molecule has 0 unspecified atom stereocenters. The molecule has 0 spiro atoms. The number of halogens is 1. The molecule has 2 fully saturated rings. The number of likely N-dealkylation sites (tertiary alicyclic amines) is 1. The van der Waals surface area contributed by atoms with Crippen molar-refractivity contribution in [2.75, 3.05) is 19.7 Å². The molecule has 1 saturated carbocycles. The van der Waals surface area contributed by atoms with Crippen molar-refractivity contribution in [3.63, 3.8) is 0 Å². The van der Waals surface area contributed by atoms with Gasteiger partial charge in [-0.15, -0.1) is 0 Å². The van der Waals surface area contributed by atoms with Crippen LogP contribution in [-0.2, 0) is 16.3 Å². The van der Waals surface area contributed by atoms with Crippen LogP contribution in [0.1, 0.15) is 36.0 Å². The predicted molar refractivity (Wildman–Crippen MR) is 137 cm³/mol. The molecule has 0 bridgehead atoms. The summed E-state index contributed by atoms with van der Waals surface area (Å²) in [6.45, 7) is 9.17. The number of aromatic nitrogens is 3. The van der Waals surface area contributed by atoms with E-state index in [0.29, 0.717) is 47.8 Å². The highest BCUT2D eigenvalue weighted by atomic mass is 79.9. The molecule has 2 amide bonds. The van der Waals surface area contributed by atoms with Gasteiger partial charge in [-0.1, -0.05) is 19.6 Å². The second kappa shape index (κ2) is 10.4. The van der Waals surface area contributed by atoms with Gasteiger partial charge in [0.15, 0.2) is 5.65 Å². The molecule has 1 aliphatic carbocycles. The maximum Gasteiger partial charge on any atom is 0.255 e. The van der Waals surface area contributed by atoms with E-state index in [0.717, 1.165) is 31.7 Å². The number of piperidine rings is 1. The first-order valence-electron chi connectivity index (χ1n) is 12.1. The maximum atomic E-state index is 13.4. The third-order valence-electron chi connectivity index (χ3n) is 6.50. The summed E-state index contributed by atoms with van der Waals surface area (Å²) in [5.74, 6) is -0.131. The molecule has 11 heteroatoms. The number of hydrogen-bond donors (Lipinski definition) is 2. The second-order valence-electron chi connectivity index (χ2n) is 10.7. The zero-order valence-electron chi connectivity index (χ0n) is 20.2. The number of nitrogens with zero attached hydrogens (tertiary/aromatic N) is 4. The minimum Gasteiger partial charge on any atom is -0.361 e. The van der Waals surface area contributed by atoms with Crippen LogP contribution in [0.5, 0.6) is 0 Å². The van der Waals surface area contributed by atoms with Crippen molar-refractivity contribution >= 4 is 47.0 Å². The highest BCUT2D eigenvalue weighted by Crippen LogP contribution is 2.34. The lowest BCUT2D eigenvalue weighted by molar-refractivity contribution is -0.134. The first-order valence-corrected chi connectivity index (χ1v) is 16.6. The third kappa shape index (κ3) is 6.24. The van der Waals surface area contributed by atoms with Crippen LogP contribution in [0.4, 0.5) is 0 Å². The van der Waals surface area contributed by atoms with Gasteiger partial charge in [0.25, 0.3) is 5.91 Å². The van der Waals surface area contributed by atoms with E-state index in [1.54, 1.807) is 12.4 Å². The minimum atomic E-state index is -1.20. The molecule has 0 aromatic carbocycles. The molecule has 1 aliphatic heterocycles. The number of carbonyl (C=O) groups excluding carboxylic acids is 2. The quantitative estimate of drug-likeness (QED) is 0.366. The van der Waals surface area contributed by atoms with Crippen molar-refractivity contribution in [2.24, 2.45) is 11.7 Å². The molecule has 4 rings (SSSR count). The Labute approximate surface area is 209 Å². The molecular formula is C23H35BrN6O3Si. The van der Waals surface area contributed by atoms with E-state index in [9.17, 15) is 9.59 Å². The lowest BCUT2D eigenvalue weighted by Crippen LogP contribution is -2.53. The van der Waals surface area contributed by atoms with Gasteiger partial charge in [-0.3, -0.25) is 9.59 Å². The monoisotopic (exact) mass is 550 g/mol. The van der Waals surface area contributed by atoms with E-state index < -0.39 is 14.1 Å². The molecule has 34 heavy (non-hydrogen) atoms. The second-order valence-corrected chi connectivity index (χ2v) is 17.1. The van der Waals surface area contributed by atoms with Crippen LogP contribution in [0.15, 0.2) is 17.0 Å². The summed E-state index contributed by atoms with van der Waals surface area (Å²) in [5, 5.41) is 3.02. The molecule has 3 N–H and O–H groups in total. The van der Waals surface area contributed by atoms with Crippen molar-refractivity contribution < 1.29 is 14.3 Å². The smallest absolute Gasteiger partial charge is 0.255 e. The summed E-state index contributed by atoms with van der Waals surface area (Å²) in [7, 11) is -1.20. The summed E-state index contributed by atoms with van der Waals surface area (Å²) in [6, 6.07) is 0.686. The Hall–Kier alpha value is -1.82. The average molecular weight is 552 g/mol. The third-order valence-corrected chi connectivity index (χ3v) is 8.59. The number of amides is 2. The molecule has 9 nitrogen and oxygen atoms in total. The molecule has 2 aromatic rings. The van der Waals surface area contributed by atoms with Crippen molar-refractivity contribution in [1.29, 1.82) is 0 Å². The van der Waals surface area contributed by atoms with Crippen molar-refractivity contribution in [2.45, 2.75) is 70.2 Å². The average Bonchev–Trinajstić information content (AvgIpc) is 3.56. The summed E-state index contributed by atoms with van der Waals surface area (Å²) >= 11 is 3.36. The van der Waals surface area contributed by atoms with Crippen LogP contribution in [-0.4, -0.2) is 71.1 Å². The van der Waals surface area contributed by atoms with Crippen molar-refractivity contribution in [3.8, 4) is 0 Å². The maximum absolute atomic E-state index is 13.4. The first kappa shape index (κ1) is 25.3. The van der Waals surface area contributed by atoms with Gasteiger partial charge in [0, 0.05) is 40.0 Å². The summed E-state index contributed by atoms with van der Waals surface area (Å²) in [6.07, 6.45) is 6.83. The van der Waals surface area contributed by atoms with Gasteiger partial charge >= 0.3 is 0 Å².